The standard InChI is InChI=1S/C14H22O2S/c1-13(2,16-12(15)3-4-17)14-7-10-5-9(10)6-11(14)8-14/h9-11,17H,3-8H2,1-2H3. The van der Waals surface area contributed by atoms with E-state index in [1.807, 2.05) is 0 Å². The van der Waals surface area contributed by atoms with Gasteiger partial charge in [-0.1, -0.05) is 0 Å². The van der Waals surface area contributed by atoms with Crippen LogP contribution < -0.4 is 0 Å². The highest BCUT2D eigenvalue weighted by atomic mass is 32.1. The Labute approximate surface area is 109 Å². The van der Waals surface area contributed by atoms with Crippen LogP contribution in [0.4, 0.5) is 0 Å². The molecule has 4 atom stereocenters. The fourth-order valence-corrected chi connectivity index (χ4v) is 4.32. The van der Waals surface area contributed by atoms with Crippen molar-refractivity contribution in [1.29, 1.82) is 0 Å². The van der Waals surface area contributed by atoms with Crippen molar-refractivity contribution in [3.05, 3.63) is 0 Å². The number of carbonyl (C=O) groups is 1. The number of ether oxygens (including phenoxy) is 1. The average molecular weight is 254 g/mol. The first-order valence-corrected chi connectivity index (χ1v) is 7.44. The predicted octanol–water partition coefficient (Wildman–Crippen LogP) is 3.06. The SMILES string of the molecule is CC(C)(OC(=O)CCS)C12CC3CC3CC1C2. The third-order valence-corrected chi connectivity index (χ3v) is 5.62. The lowest BCUT2D eigenvalue weighted by molar-refractivity contribution is -0.165. The number of esters is 1. The minimum Gasteiger partial charge on any atom is -0.459 e. The van der Waals surface area contributed by atoms with Gasteiger partial charge in [0.25, 0.3) is 0 Å². The molecule has 0 N–H and O–H groups in total. The molecule has 2 nitrogen and oxygen atoms in total. The highest BCUT2D eigenvalue weighted by Gasteiger charge is 2.70. The van der Waals surface area contributed by atoms with E-state index in [1.54, 1.807) is 0 Å². The molecule has 0 radical (unpaired) electrons. The van der Waals surface area contributed by atoms with Crippen LogP contribution in [0.15, 0.2) is 0 Å². The van der Waals surface area contributed by atoms with Crippen LogP contribution in [0.25, 0.3) is 0 Å². The third kappa shape index (κ3) is 1.81. The minimum absolute atomic E-state index is 0.0806. The molecule has 3 saturated carbocycles. The Morgan fingerprint density at radius 2 is 2.12 bits per heavy atom. The summed E-state index contributed by atoms with van der Waals surface area (Å²) in [7, 11) is 0. The summed E-state index contributed by atoms with van der Waals surface area (Å²) in [6.45, 7) is 4.23. The number of hydrogen-bond donors (Lipinski definition) is 1. The Balaban J connectivity index is 1.68. The minimum atomic E-state index is -0.273. The molecule has 3 rings (SSSR count). The maximum atomic E-state index is 11.7. The summed E-state index contributed by atoms with van der Waals surface area (Å²) >= 11 is 4.09. The van der Waals surface area contributed by atoms with Gasteiger partial charge in [0.1, 0.15) is 5.60 Å². The summed E-state index contributed by atoms with van der Waals surface area (Å²) in [6.07, 6.45) is 5.82. The zero-order valence-electron chi connectivity index (χ0n) is 10.7. The smallest absolute Gasteiger partial charge is 0.307 e. The van der Waals surface area contributed by atoms with Gasteiger partial charge in [0, 0.05) is 11.2 Å². The van der Waals surface area contributed by atoms with Crippen molar-refractivity contribution < 1.29 is 9.53 Å². The number of thiol groups is 1. The van der Waals surface area contributed by atoms with Crippen molar-refractivity contribution in [3.63, 3.8) is 0 Å². The predicted molar refractivity (Wildman–Crippen MR) is 70.0 cm³/mol. The molecule has 0 heterocycles. The first-order valence-electron chi connectivity index (χ1n) is 6.81. The molecule has 3 aliphatic carbocycles. The molecule has 0 aromatic heterocycles. The maximum absolute atomic E-state index is 11.7. The molecule has 0 aliphatic heterocycles. The van der Waals surface area contributed by atoms with Gasteiger partial charge < -0.3 is 4.74 Å². The van der Waals surface area contributed by atoms with Gasteiger partial charge in [-0.2, -0.15) is 12.6 Å². The second kappa shape index (κ2) is 3.66. The monoisotopic (exact) mass is 254 g/mol. The van der Waals surface area contributed by atoms with Gasteiger partial charge in [-0.3, -0.25) is 4.79 Å². The van der Waals surface area contributed by atoms with Crippen LogP contribution in [0.2, 0.25) is 0 Å². The summed E-state index contributed by atoms with van der Waals surface area (Å²) in [6, 6.07) is 0. The van der Waals surface area contributed by atoms with E-state index in [0.29, 0.717) is 17.6 Å². The number of carbonyl (C=O) groups excluding carboxylic acids is 1. The largest absolute Gasteiger partial charge is 0.459 e. The van der Waals surface area contributed by atoms with Gasteiger partial charge in [0.05, 0.1) is 6.42 Å². The van der Waals surface area contributed by atoms with Crippen LogP contribution in [0.5, 0.6) is 0 Å². The van der Waals surface area contributed by atoms with E-state index in [0.717, 1.165) is 17.8 Å². The molecular weight excluding hydrogens is 232 g/mol. The second-order valence-corrected chi connectivity index (χ2v) is 7.16. The number of fused-ring (bicyclic) bond motifs is 2. The molecule has 4 unspecified atom stereocenters. The van der Waals surface area contributed by atoms with E-state index in [9.17, 15) is 4.79 Å². The van der Waals surface area contributed by atoms with Crippen LogP contribution in [0.1, 0.15) is 46.0 Å². The summed E-state index contributed by atoms with van der Waals surface area (Å²) in [4.78, 5) is 11.7. The van der Waals surface area contributed by atoms with Crippen molar-refractivity contribution >= 4 is 18.6 Å². The molecule has 3 fully saturated rings. The first-order chi connectivity index (χ1) is 7.98. The normalized spacial score (nSPS) is 42.4. The Kier molecular flexibility index (Phi) is 2.56. The highest BCUT2D eigenvalue weighted by Crippen LogP contribution is 2.74. The van der Waals surface area contributed by atoms with E-state index in [-0.39, 0.29) is 11.6 Å². The number of rotatable bonds is 4. The lowest BCUT2D eigenvalue weighted by Crippen LogP contribution is -2.41. The molecule has 17 heavy (non-hydrogen) atoms. The fraction of sp³-hybridized carbons (Fsp3) is 0.929. The van der Waals surface area contributed by atoms with Crippen molar-refractivity contribution in [2.24, 2.45) is 23.2 Å². The molecule has 0 aromatic rings. The summed E-state index contributed by atoms with van der Waals surface area (Å²) in [5.74, 6) is 3.28. The van der Waals surface area contributed by atoms with Crippen molar-refractivity contribution in [2.45, 2.75) is 51.6 Å². The Hall–Kier alpha value is -0.180. The van der Waals surface area contributed by atoms with Gasteiger partial charge in [0.2, 0.25) is 0 Å². The molecule has 0 spiro atoms. The molecule has 0 saturated heterocycles. The van der Waals surface area contributed by atoms with Gasteiger partial charge in [-0.05, 0) is 57.3 Å². The Bertz CT molecular complexity index is 352. The van der Waals surface area contributed by atoms with E-state index >= 15 is 0 Å². The molecule has 0 aromatic carbocycles. The molecule has 0 amide bonds. The molecule has 96 valence electrons. The molecule has 3 heteroatoms. The fourth-order valence-electron chi connectivity index (χ4n) is 4.13. The Morgan fingerprint density at radius 1 is 1.35 bits per heavy atom. The maximum Gasteiger partial charge on any atom is 0.307 e. The van der Waals surface area contributed by atoms with E-state index < -0.39 is 0 Å². The van der Waals surface area contributed by atoms with Crippen molar-refractivity contribution in [2.75, 3.05) is 5.75 Å². The zero-order chi connectivity index (χ0) is 12.3. The first kappa shape index (κ1) is 11.9. The van der Waals surface area contributed by atoms with E-state index in [1.165, 1.54) is 25.7 Å². The lowest BCUT2D eigenvalue weighted by Gasteiger charge is -2.37. The molecule has 3 aliphatic rings. The topological polar surface area (TPSA) is 26.3 Å². The van der Waals surface area contributed by atoms with Gasteiger partial charge in [-0.15, -0.1) is 0 Å². The van der Waals surface area contributed by atoms with E-state index in [2.05, 4.69) is 26.5 Å². The Morgan fingerprint density at radius 3 is 2.82 bits per heavy atom. The van der Waals surface area contributed by atoms with Gasteiger partial charge in [0.15, 0.2) is 0 Å². The van der Waals surface area contributed by atoms with Crippen LogP contribution in [-0.2, 0) is 9.53 Å². The van der Waals surface area contributed by atoms with Gasteiger partial charge in [-0.25, -0.2) is 0 Å². The lowest BCUT2D eigenvalue weighted by atomic mass is 9.77. The van der Waals surface area contributed by atoms with Crippen LogP contribution in [0.3, 0.4) is 0 Å². The third-order valence-electron chi connectivity index (χ3n) is 5.40. The van der Waals surface area contributed by atoms with Gasteiger partial charge >= 0.3 is 5.97 Å². The van der Waals surface area contributed by atoms with Crippen molar-refractivity contribution in [3.8, 4) is 0 Å². The van der Waals surface area contributed by atoms with E-state index in [4.69, 9.17) is 4.74 Å². The van der Waals surface area contributed by atoms with Crippen LogP contribution >= 0.6 is 12.6 Å². The second-order valence-electron chi connectivity index (χ2n) is 6.71. The average Bonchev–Trinajstić information content (AvgIpc) is 3.04. The molecular formula is C14H22O2S. The zero-order valence-corrected chi connectivity index (χ0v) is 11.6. The number of hydrogen-bond acceptors (Lipinski definition) is 3. The van der Waals surface area contributed by atoms with Crippen LogP contribution in [0, 0.1) is 23.2 Å². The summed E-state index contributed by atoms with van der Waals surface area (Å²) in [5.41, 5.74) is 0.0438. The van der Waals surface area contributed by atoms with Crippen molar-refractivity contribution in [1.82, 2.24) is 0 Å². The quantitative estimate of drug-likeness (QED) is 0.616. The summed E-state index contributed by atoms with van der Waals surface area (Å²) in [5, 5.41) is 0. The molecule has 0 bridgehead atoms. The van der Waals surface area contributed by atoms with Crippen LogP contribution in [-0.4, -0.2) is 17.3 Å². The highest BCUT2D eigenvalue weighted by molar-refractivity contribution is 7.80. The summed E-state index contributed by atoms with van der Waals surface area (Å²) < 4.78 is 5.74.